The van der Waals surface area contributed by atoms with Crippen LogP contribution in [0.2, 0.25) is 0 Å². The lowest BCUT2D eigenvalue weighted by Crippen LogP contribution is -2.44. The summed E-state index contributed by atoms with van der Waals surface area (Å²) in [6.45, 7) is 1.66. The molecular formula is C21H23F3N4O6S. The van der Waals surface area contributed by atoms with Crippen LogP contribution in [0.1, 0.15) is 35.8 Å². The van der Waals surface area contributed by atoms with Gasteiger partial charge in [-0.15, -0.1) is 0 Å². The van der Waals surface area contributed by atoms with Gasteiger partial charge in [0.2, 0.25) is 10.0 Å². The zero-order chi connectivity index (χ0) is 25.7. The number of halogens is 3. The number of aryl methyl sites for hydroxylation is 1. The largest absolute Gasteiger partial charge is 0.489 e. The van der Waals surface area contributed by atoms with Crippen LogP contribution in [0.5, 0.6) is 5.75 Å². The molecule has 3 atom stereocenters. The second-order valence-electron chi connectivity index (χ2n) is 8.39. The van der Waals surface area contributed by atoms with Gasteiger partial charge < -0.3 is 24.6 Å². The molecule has 1 aromatic heterocycles. The number of carbonyl (C=O) groups excluding carboxylic acids is 1. The average molecular weight is 516 g/mol. The van der Waals surface area contributed by atoms with Crippen LogP contribution in [-0.2, 0) is 17.1 Å². The molecule has 0 spiro atoms. The third-order valence-corrected chi connectivity index (χ3v) is 7.77. The molecule has 14 heteroatoms. The number of fused-ring (bicyclic) bond motifs is 2. The van der Waals surface area contributed by atoms with Gasteiger partial charge in [-0.05, 0) is 24.6 Å². The molecule has 2 amide bonds. The number of ether oxygens (including phenoxy) is 1. The van der Waals surface area contributed by atoms with Crippen LogP contribution in [0.25, 0.3) is 0 Å². The van der Waals surface area contributed by atoms with Gasteiger partial charge in [0.25, 0.3) is 12.3 Å². The number of nitrogens with zero attached hydrogens (tertiary/aromatic N) is 2. The number of anilines is 1. The van der Waals surface area contributed by atoms with Crippen molar-refractivity contribution < 1.29 is 41.0 Å². The third-order valence-electron chi connectivity index (χ3n) is 6.29. The standard InChI is InChI=1S/C21H23F3N4O6S/c1-3-15-12-9-34-18-16(35(32,33)26-14(12)7-28(15)21(30)31)8-27(2)17(18)20(29)25-10-4-5-13(22)11(6-10)19(23)24/h4-6,8,12,14-15,19,26H,3,7,9H2,1-2H3,(H,25,29)(H,30,31). The molecule has 1 fully saturated rings. The molecule has 190 valence electrons. The fraction of sp³-hybridized carbons (Fsp3) is 0.429. The maximum absolute atomic E-state index is 13.6. The first kappa shape index (κ1) is 24.9. The van der Waals surface area contributed by atoms with E-state index in [0.717, 1.165) is 18.2 Å². The number of rotatable bonds is 4. The number of carbonyl (C=O) groups is 2. The predicted molar refractivity (Wildman–Crippen MR) is 117 cm³/mol. The lowest BCUT2D eigenvalue weighted by molar-refractivity contribution is 0.101. The van der Waals surface area contributed by atoms with E-state index in [4.69, 9.17) is 4.74 Å². The zero-order valence-electron chi connectivity index (χ0n) is 18.7. The smallest absolute Gasteiger partial charge is 0.407 e. The van der Waals surface area contributed by atoms with Gasteiger partial charge in [-0.2, -0.15) is 0 Å². The molecule has 0 radical (unpaired) electrons. The van der Waals surface area contributed by atoms with Crippen molar-refractivity contribution in [3.63, 3.8) is 0 Å². The summed E-state index contributed by atoms with van der Waals surface area (Å²) in [7, 11) is -2.80. The van der Waals surface area contributed by atoms with E-state index in [1.165, 1.54) is 22.7 Å². The van der Waals surface area contributed by atoms with Crippen molar-refractivity contribution >= 4 is 27.7 Å². The summed E-state index contributed by atoms with van der Waals surface area (Å²) in [4.78, 5) is 25.5. The summed E-state index contributed by atoms with van der Waals surface area (Å²) in [5.41, 5.74) is -1.21. The van der Waals surface area contributed by atoms with Crippen molar-refractivity contribution in [3.05, 3.63) is 41.5 Å². The number of aromatic nitrogens is 1. The van der Waals surface area contributed by atoms with Gasteiger partial charge in [0.15, 0.2) is 11.4 Å². The molecule has 0 bridgehead atoms. The molecular weight excluding hydrogens is 493 g/mol. The van der Waals surface area contributed by atoms with Crippen LogP contribution in [0.4, 0.5) is 23.7 Å². The van der Waals surface area contributed by atoms with Crippen molar-refractivity contribution in [1.29, 1.82) is 0 Å². The molecule has 35 heavy (non-hydrogen) atoms. The summed E-state index contributed by atoms with van der Waals surface area (Å²) >= 11 is 0. The number of benzene rings is 1. The molecule has 0 saturated carbocycles. The van der Waals surface area contributed by atoms with Crippen LogP contribution in [0.3, 0.4) is 0 Å². The molecule has 2 aliphatic rings. The first-order valence-corrected chi connectivity index (χ1v) is 12.2. The fourth-order valence-electron chi connectivity index (χ4n) is 4.67. The fourth-order valence-corrected chi connectivity index (χ4v) is 6.14. The number of hydrogen-bond acceptors (Lipinski definition) is 5. The third kappa shape index (κ3) is 4.43. The van der Waals surface area contributed by atoms with Gasteiger partial charge in [-0.1, -0.05) is 6.92 Å². The van der Waals surface area contributed by atoms with E-state index in [-0.39, 0.29) is 35.2 Å². The second-order valence-corrected chi connectivity index (χ2v) is 10.1. The van der Waals surface area contributed by atoms with Crippen LogP contribution in [0, 0.1) is 11.7 Å². The lowest BCUT2D eigenvalue weighted by Gasteiger charge is -2.27. The Morgan fingerprint density at radius 3 is 2.69 bits per heavy atom. The van der Waals surface area contributed by atoms with Crippen molar-refractivity contribution in [2.45, 2.75) is 36.7 Å². The first-order chi connectivity index (χ1) is 16.4. The number of nitrogens with one attached hydrogen (secondary N) is 2. The molecule has 3 N–H and O–H groups in total. The second kappa shape index (κ2) is 9.07. The van der Waals surface area contributed by atoms with E-state index >= 15 is 0 Å². The highest BCUT2D eigenvalue weighted by Crippen LogP contribution is 2.37. The highest BCUT2D eigenvalue weighted by molar-refractivity contribution is 7.89. The Morgan fingerprint density at radius 1 is 1.34 bits per heavy atom. The van der Waals surface area contributed by atoms with Gasteiger partial charge in [0.05, 0.1) is 12.2 Å². The Balaban J connectivity index is 1.69. The lowest BCUT2D eigenvalue weighted by atomic mass is 9.96. The van der Waals surface area contributed by atoms with Crippen LogP contribution in [-0.4, -0.2) is 60.2 Å². The van der Waals surface area contributed by atoms with Gasteiger partial charge in [0.1, 0.15) is 10.7 Å². The Labute approximate surface area is 198 Å². The SMILES string of the molecule is CCC1C2COc3c(cn(C)c3C(=O)Nc3ccc(F)c(C(F)F)c3)S(=O)(=O)NC2CN1C(=O)O. The summed E-state index contributed by atoms with van der Waals surface area (Å²) in [5, 5.41) is 11.9. The molecule has 1 aromatic carbocycles. The van der Waals surface area contributed by atoms with E-state index < -0.39 is 57.8 Å². The molecule has 2 aliphatic heterocycles. The van der Waals surface area contributed by atoms with Crippen molar-refractivity contribution in [2.24, 2.45) is 13.0 Å². The van der Waals surface area contributed by atoms with Crippen molar-refractivity contribution in [1.82, 2.24) is 14.2 Å². The number of amides is 2. The number of alkyl halides is 2. The molecule has 0 aliphatic carbocycles. The van der Waals surface area contributed by atoms with Crippen molar-refractivity contribution in [3.8, 4) is 5.75 Å². The van der Waals surface area contributed by atoms with Gasteiger partial charge in [0, 0.05) is 43.5 Å². The van der Waals surface area contributed by atoms with E-state index in [0.29, 0.717) is 6.42 Å². The quantitative estimate of drug-likeness (QED) is 0.573. The molecule has 10 nitrogen and oxygen atoms in total. The van der Waals surface area contributed by atoms with Gasteiger partial charge >= 0.3 is 6.09 Å². The van der Waals surface area contributed by atoms with E-state index in [2.05, 4.69) is 10.0 Å². The highest BCUT2D eigenvalue weighted by Gasteiger charge is 2.47. The predicted octanol–water partition coefficient (Wildman–Crippen LogP) is 2.78. The van der Waals surface area contributed by atoms with Crippen LogP contribution < -0.4 is 14.8 Å². The van der Waals surface area contributed by atoms with Gasteiger partial charge in [-0.25, -0.2) is 31.1 Å². The average Bonchev–Trinajstić information content (AvgIpc) is 3.29. The highest BCUT2D eigenvalue weighted by atomic mass is 32.2. The number of sulfonamides is 1. The molecule has 1 saturated heterocycles. The topological polar surface area (TPSA) is 130 Å². The number of likely N-dealkylation sites (tertiary alicyclic amines) is 1. The minimum absolute atomic E-state index is 0.0480. The minimum atomic E-state index is -4.21. The van der Waals surface area contributed by atoms with Gasteiger partial charge in [-0.3, -0.25) is 4.79 Å². The molecule has 3 unspecified atom stereocenters. The summed E-state index contributed by atoms with van der Waals surface area (Å²) in [5.74, 6) is -2.76. The minimum Gasteiger partial charge on any atom is -0.489 e. The Bertz CT molecular complexity index is 1280. The zero-order valence-corrected chi connectivity index (χ0v) is 19.5. The van der Waals surface area contributed by atoms with Crippen LogP contribution >= 0.6 is 0 Å². The molecule has 4 rings (SSSR count). The Hall–Kier alpha value is -3.26. The summed E-state index contributed by atoms with van der Waals surface area (Å²) in [6.07, 6.45) is -2.69. The number of carboxylic acid groups (broad SMARTS) is 1. The normalized spacial score (nSPS) is 23.1. The molecule has 3 heterocycles. The molecule has 2 aromatic rings. The monoisotopic (exact) mass is 516 g/mol. The van der Waals surface area contributed by atoms with E-state index in [9.17, 15) is 36.3 Å². The van der Waals surface area contributed by atoms with E-state index in [1.807, 2.05) is 0 Å². The van der Waals surface area contributed by atoms with Crippen molar-refractivity contribution in [2.75, 3.05) is 18.5 Å². The maximum Gasteiger partial charge on any atom is 0.407 e. The van der Waals surface area contributed by atoms with Crippen LogP contribution in [0.15, 0.2) is 29.3 Å². The summed E-state index contributed by atoms with van der Waals surface area (Å²) < 4.78 is 75.5. The maximum atomic E-state index is 13.6. The Kier molecular flexibility index (Phi) is 6.44. The van der Waals surface area contributed by atoms with E-state index in [1.54, 1.807) is 6.92 Å². The number of hydrogen-bond donors (Lipinski definition) is 3. The summed E-state index contributed by atoms with van der Waals surface area (Å²) in [6, 6.07) is 1.45. The Morgan fingerprint density at radius 2 is 2.06 bits per heavy atom. The first-order valence-electron chi connectivity index (χ1n) is 10.7.